The van der Waals surface area contributed by atoms with Crippen molar-refractivity contribution >= 4 is 17.3 Å². The lowest BCUT2D eigenvalue weighted by atomic mass is 10.1. The van der Waals surface area contributed by atoms with Gasteiger partial charge >= 0.3 is 0 Å². The second-order valence-electron chi connectivity index (χ2n) is 4.54. The molecule has 1 amide bonds. The summed E-state index contributed by atoms with van der Waals surface area (Å²) in [6, 6.07) is 12.4. The summed E-state index contributed by atoms with van der Waals surface area (Å²) in [6.07, 6.45) is 0. The molecule has 2 aromatic rings. The summed E-state index contributed by atoms with van der Waals surface area (Å²) in [6.45, 7) is 0.491. The fourth-order valence-corrected chi connectivity index (χ4v) is 1.96. The molecule has 0 fully saturated rings. The van der Waals surface area contributed by atoms with Gasteiger partial charge in [0, 0.05) is 18.5 Å². The number of carbonyl (C=O) groups is 1. The molecule has 0 saturated heterocycles. The highest BCUT2D eigenvalue weighted by molar-refractivity contribution is 6.08. The molecule has 0 spiro atoms. The number of hydrogen-bond donors (Lipinski definition) is 2. The number of rotatable bonds is 5. The molecular weight excluding hydrogens is 268 g/mol. The predicted octanol–water partition coefficient (Wildman–Crippen LogP) is 2.68. The van der Waals surface area contributed by atoms with E-state index < -0.39 is 0 Å². The Morgan fingerprint density at radius 1 is 1.19 bits per heavy atom. The van der Waals surface area contributed by atoms with E-state index in [1.54, 1.807) is 32.4 Å². The number of nitrogens with two attached hydrogens (primary N) is 1. The van der Waals surface area contributed by atoms with Crippen molar-refractivity contribution < 1.29 is 14.3 Å². The Hall–Kier alpha value is -2.53. The molecule has 0 heterocycles. The monoisotopic (exact) mass is 286 g/mol. The normalized spacial score (nSPS) is 10.2. The number of nitrogen functional groups attached to an aromatic ring is 1. The molecule has 0 aliphatic carbocycles. The summed E-state index contributed by atoms with van der Waals surface area (Å²) < 4.78 is 10.2. The van der Waals surface area contributed by atoms with Gasteiger partial charge in [0.05, 0.1) is 19.3 Å². The summed E-state index contributed by atoms with van der Waals surface area (Å²) in [5.41, 5.74) is 8.30. The van der Waals surface area contributed by atoms with Gasteiger partial charge in [-0.3, -0.25) is 4.79 Å². The maximum Gasteiger partial charge on any atom is 0.257 e. The lowest BCUT2D eigenvalue weighted by Gasteiger charge is -2.10. The van der Waals surface area contributed by atoms with E-state index in [0.717, 1.165) is 5.56 Å². The highest BCUT2D eigenvalue weighted by Gasteiger charge is 2.11. The Morgan fingerprint density at radius 2 is 2.00 bits per heavy atom. The molecule has 0 unspecified atom stereocenters. The third-order valence-corrected chi connectivity index (χ3v) is 3.00. The molecule has 110 valence electrons. The van der Waals surface area contributed by atoms with Crippen LogP contribution >= 0.6 is 0 Å². The van der Waals surface area contributed by atoms with Crippen molar-refractivity contribution in [3.05, 3.63) is 53.6 Å². The molecule has 5 nitrogen and oxygen atoms in total. The molecule has 3 N–H and O–H groups in total. The zero-order valence-corrected chi connectivity index (χ0v) is 12.1. The van der Waals surface area contributed by atoms with Gasteiger partial charge in [0.2, 0.25) is 0 Å². The third kappa shape index (κ3) is 3.73. The summed E-state index contributed by atoms with van der Waals surface area (Å²) in [4.78, 5) is 12.3. The van der Waals surface area contributed by atoms with Gasteiger partial charge in [-0.25, -0.2) is 0 Å². The SMILES string of the molecule is COCc1cccc(NC(=O)c2cc(OC)ccc2N)c1. The van der Waals surface area contributed by atoms with Crippen LogP contribution in [0.1, 0.15) is 15.9 Å². The van der Waals surface area contributed by atoms with E-state index in [9.17, 15) is 4.79 Å². The number of anilines is 2. The fourth-order valence-electron chi connectivity index (χ4n) is 1.96. The fraction of sp³-hybridized carbons (Fsp3) is 0.188. The number of methoxy groups -OCH3 is 2. The van der Waals surface area contributed by atoms with E-state index in [-0.39, 0.29) is 5.91 Å². The minimum atomic E-state index is -0.277. The largest absolute Gasteiger partial charge is 0.497 e. The molecule has 0 bridgehead atoms. The third-order valence-electron chi connectivity index (χ3n) is 3.00. The zero-order chi connectivity index (χ0) is 15.2. The van der Waals surface area contributed by atoms with Gasteiger partial charge in [-0.15, -0.1) is 0 Å². The molecule has 0 aliphatic heterocycles. The Morgan fingerprint density at radius 3 is 2.71 bits per heavy atom. The van der Waals surface area contributed by atoms with E-state index in [1.807, 2.05) is 24.3 Å². The van der Waals surface area contributed by atoms with Gasteiger partial charge < -0.3 is 20.5 Å². The van der Waals surface area contributed by atoms with Crippen LogP contribution in [-0.4, -0.2) is 20.1 Å². The van der Waals surface area contributed by atoms with Crippen molar-refractivity contribution in [2.75, 3.05) is 25.3 Å². The number of ether oxygens (including phenoxy) is 2. The zero-order valence-electron chi connectivity index (χ0n) is 12.1. The van der Waals surface area contributed by atoms with Crippen LogP contribution in [0.5, 0.6) is 5.75 Å². The van der Waals surface area contributed by atoms with Crippen LogP contribution in [0.3, 0.4) is 0 Å². The molecule has 2 rings (SSSR count). The first-order valence-corrected chi connectivity index (χ1v) is 6.47. The summed E-state index contributed by atoms with van der Waals surface area (Å²) in [7, 11) is 3.17. The Balaban J connectivity index is 2.19. The van der Waals surface area contributed by atoms with Crippen LogP contribution in [0.25, 0.3) is 0 Å². The second kappa shape index (κ2) is 6.76. The van der Waals surface area contributed by atoms with Crippen molar-refractivity contribution in [1.82, 2.24) is 0 Å². The van der Waals surface area contributed by atoms with Crippen molar-refractivity contribution in [2.45, 2.75) is 6.61 Å². The number of hydrogen-bond acceptors (Lipinski definition) is 4. The van der Waals surface area contributed by atoms with Crippen LogP contribution in [-0.2, 0) is 11.3 Å². The van der Waals surface area contributed by atoms with Crippen molar-refractivity contribution in [2.24, 2.45) is 0 Å². The number of benzene rings is 2. The minimum absolute atomic E-state index is 0.277. The first kappa shape index (κ1) is 14.9. The van der Waals surface area contributed by atoms with Crippen LogP contribution in [0.4, 0.5) is 11.4 Å². The van der Waals surface area contributed by atoms with Gasteiger partial charge in [0.15, 0.2) is 0 Å². The molecule has 2 aromatic carbocycles. The summed E-state index contributed by atoms with van der Waals surface area (Å²) in [5.74, 6) is 0.309. The average Bonchev–Trinajstić information content (AvgIpc) is 2.48. The van der Waals surface area contributed by atoms with Crippen LogP contribution in [0, 0.1) is 0 Å². The van der Waals surface area contributed by atoms with E-state index in [2.05, 4.69) is 5.32 Å². The van der Waals surface area contributed by atoms with Gasteiger partial charge in [-0.2, -0.15) is 0 Å². The van der Waals surface area contributed by atoms with Gasteiger partial charge in [-0.1, -0.05) is 12.1 Å². The van der Waals surface area contributed by atoms with Crippen molar-refractivity contribution in [1.29, 1.82) is 0 Å². The van der Waals surface area contributed by atoms with E-state index in [1.165, 1.54) is 0 Å². The molecule has 0 radical (unpaired) electrons. The number of carbonyl (C=O) groups excluding carboxylic acids is 1. The highest BCUT2D eigenvalue weighted by Crippen LogP contribution is 2.21. The summed E-state index contributed by atoms with van der Waals surface area (Å²) >= 11 is 0. The molecule has 0 atom stereocenters. The quantitative estimate of drug-likeness (QED) is 0.829. The number of amides is 1. The van der Waals surface area contributed by atoms with Crippen molar-refractivity contribution in [3.63, 3.8) is 0 Å². The average molecular weight is 286 g/mol. The first-order valence-electron chi connectivity index (χ1n) is 6.47. The molecule has 5 heteroatoms. The maximum absolute atomic E-state index is 12.3. The smallest absolute Gasteiger partial charge is 0.257 e. The van der Waals surface area contributed by atoms with Gasteiger partial charge in [0.25, 0.3) is 5.91 Å². The Labute approximate surface area is 123 Å². The van der Waals surface area contributed by atoms with Gasteiger partial charge in [0.1, 0.15) is 5.75 Å². The highest BCUT2D eigenvalue weighted by atomic mass is 16.5. The van der Waals surface area contributed by atoms with E-state index in [0.29, 0.717) is 29.3 Å². The van der Waals surface area contributed by atoms with Crippen molar-refractivity contribution in [3.8, 4) is 5.75 Å². The van der Waals surface area contributed by atoms with E-state index >= 15 is 0 Å². The minimum Gasteiger partial charge on any atom is -0.497 e. The van der Waals surface area contributed by atoms with Crippen LogP contribution in [0.2, 0.25) is 0 Å². The molecular formula is C16H18N2O3. The molecule has 0 saturated carbocycles. The molecule has 21 heavy (non-hydrogen) atoms. The van der Waals surface area contributed by atoms with Gasteiger partial charge in [-0.05, 0) is 35.9 Å². The van der Waals surface area contributed by atoms with E-state index in [4.69, 9.17) is 15.2 Å². The number of nitrogens with one attached hydrogen (secondary N) is 1. The predicted molar refractivity (Wildman–Crippen MR) is 82.5 cm³/mol. The first-order chi connectivity index (χ1) is 10.1. The lowest BCUT2D eigenvalue weighted by Crippen LogP contribution is -2.14. The molecule has 0 aromatic heterocycles. The lowest BCUT2D eigenvalue weighted by molar-refractivity contribution is 0.102. The Bertz CT molecular complexity index is 641. The van der Waals surface area contributed by atoms with Crippen LogP contribution < -0.4 is 15.8 Å². The summed E-state index contributed by atoms with van der Waals surface area (Å²) in [5, 5.41) is 2.82. The topological polar surface area (TPSA) is 73.6 Å². The second-order valence-corrected chi connectivity index (χ2v) is 4.54. The standard InChI is InChI=1S/C16H18N2O3/c1-20-10-11-4-3-5-12(8-11)18-16(19)14-9-13(21-2)6-7-15(14)17/h3-9H,10,17H2,1-2H3,(H,18,19). The maximum atomic E-state index is 12.3. The Kier molecular flexibility index (Phi) is 4.79. The van der Waals surface area contributed by atoms with Crippen LogP contribution in [0.15, 0.2) is 42.5 Å². The molecule has 0 aliphatic rings.